The van der Waals surface area contributed by atoms with E-state index in [1.807, 2.05) is 4.72 Å². The molecule has 132 valence electrons. The number of carbonyl (C=O) groups excluding carboxylic acids is 2. The van der Waals surface area contributed by atoms with Gasteiger partial charge in [0.2, 0.25) is 5.91 Å². The Balaban J connectivity index is 2.19. The average molecular weight is 363 g/mol. The van der Waals surface area contributed by atoms with Crippen molar-refractivity contribution in [2.24, 2.45) is 0 Å². The lowest BCUT2D eigenvalue weighted by molar-refractivity contribution is -0.115. The smallest absolute Gasteiger partial charge is 0.266 e. The Labute approximate surface area is 145 Å². The number of hydrogen-bond acceptors (Lipinski definition) is 6. The average Bonchev–Trinajstić information content (AvgIpc) is 2.61. The van der Waals surface area contributed by atoms with Gasteiger partial charge in [0.1, 0.15) is 0 Å². The van der Waals surface area contributed by atoms with Crippen LogP contribution in [0.4, 0.5) is 5.69 Å². The van der Waals surface area contributed by atoms with Crippen LogP contribution >= 0.6 is 0 Å². The molecule has 0 aliphatic heterocycles. The number of aliphatic hydroxyl groups excluding tert-OH is 1. The standard InChI is InChI=1S/C16H17N3O5S/c1-2-15(21)18-12-4-3-5-14(8-12)25(23,24)19-16(22)11-6-7-13(10-20)17-9-11/h3-9,20H,2,10H2,1H3,(H,18,21)(H,19,22). The van der Waals surface area contributed by atoms with E-state index in [4.69, 9.17) is 5.11 Å². The van der Waals surface area contributed by atoms with Gasteiger partial charge in [-0.3, -0.25) is 14.6 Å². The van der Waals surface area contributed by atoms with Crippen LogP contribution in [-0.2, 0) is 21.4 Å². The largest absolute Gasteiger partial charge is 0.390 e. The van der Waals surface area contributed by atoms with E-state index in [9.17, 15) is 18.0 Å². The lowest BCUT2D eigenvalue weighted by atomic mass is 10.2. The second-order valence-electron chi connectivity index (χ2n) is 5.06. The minimum Gasteiger partial charge on any atom is -0.390 e. The third-order valence-corrected chi connectivity index (χ3v) is 4.55. The Morgan fingerprint density at radius 1 is 1.20 bits per heavy atom. The minimum absolute atomic E-state index is 0.0382. The molecule has 2 amide bonds. The summed E-state index contributed by atoms with van der Waals surface area (Å²) in [7, 11) is -4.12. The maximum Gasteiger partial charge on any atom is 0.266 e. The Kier molecular flexibility index (Phi) is 5.84. The molecule has 2 rings (SSSR count). The van der Waals surface area contributed by atoms with Crippen molar-refractivity contribution in [3.8, 4) is 0 Å². The summed E-state index contributed by atoms with van der Waals surface area (Å²) in [5.74, 6) is -1.10. The summed E-state index contributed by atoms with van der Waals surface area (Å²) in [5.41, 5.74) is 0.714. The molecule has 1 heterocycles. The van der Waals surface area contributed by atoms with Gasteiger partial charge in [0.15, 0.2) is 0 Å². The summed E-state index contributed by atoms with van der Waals surface area (Å²) in [4.78, 5) is 27.1. The summed E-state index contributed by atoms with van der Waals surface area (Å²) in [5, 5.41) is 11.5. The Morgan fingerprint density at radius 3 is 2.56 bits per heavy atom. The fourth-order valence-electron chi connectivity index (χ4n) is 1.88. The highest BCUT2D eigenvalue weighted by Crippen LogP contribution is 2.16. The molecule has 0 saturated carbocycles. The van der Waals surface area contributed by atoms with E-state index in [1.165, 1.54) is 36.5 Å². The van der Waals surface area contributed by atoms with Crippen LogP contribution in [0.1, 0.15) is 29.4 Å². The quantitative estimate of drug-likeness (QED) is 0.704. The van der Waals surface area contributed by atoms with Gasteiger partial charge in [-0.1, -0.05) is 13.0 Å². The lowest BCUT2D eigenvalue weighted by Gasteiger charge is -2.09. The number of amides is 2. The van der Waals surface area contributed by atoms with Gasteiger partial charge in [-0.05, 0) is 30.3 Å². The molecule has 0 spiro atoms. The van der Waals surface area contributed by atoms with Crippen molar-refractivity contribution >= 4 is 27.5 Å². The number of anilines is 1. The van der Waals surface area contributed by atoms with Crippen molar-refractivity contribution in [1.29, 1.82) is 0 Å². The number of pyridine rings is 1. The predicted octanol–water partition coefficient (Wildman–Crippen LogP) is 1.04. The number of sulfonamides is 1. The maximum atomic E-state index is 12.3. The van der Waals surface area contributed by atoms with Gasteiger partial charge in [-0.15, -0.1) is 0 Å². The minimum atomic E-state index is -4.12. The summed E-state index contributed by atoms with van der Waals surface area (Å²) in [6, 6.07) is 8.36. The van der Waals surface area contributed by atoms with E-state index in [2.05, 4.69) is 10.3 Å². The maximum absolute atomic E-state index is 12.3. The number of benzene rings is 1. The third-order valence-electron chi connectivity index (χ3n) is 3.23. The number of aliphatic hydroxyl groups is 1. The highest BCUT2D eigenvalue weighted by atomic mass is 32.2. The summed E-state index contributed by atoms with van der Waals surface area (Å²) in [6.45, 7) is 1.39. The van der Waals surface area contributed by atoms with E-state index >= 15 is 0 Å². The number of carbonyl (C=O) groups is 2. The van der Waals surface area contributed by atoms with Crippen LogP contribution in [0.15, 0.2) is 47.5 Å². The zero-order chi connectivity index (χ0) is 18.4. The highest BCUT2D eigenvalue weighted by molar-refractivity contribution is 7.90. The first-order valence-electron chi connectivity index (χ1n) is 7.38. The van der Waals surface area contributed by atoms with Gasteiger partial charge in [-0.2, -0.15) is 0 Å². The fraction of sp³-hybridized carbons (Fsp3) is 0.188. The van der Waals surface area contributed by atoms with Crippen LogP contribution in [0.3, 0.4) is 0 Å². The summed E-state index contributed by atoms with van der Waals surface area (Å²) < 4.78 is 26.6. The molecule has 0 aliphatic carbocycles. The van der Waals surface area contributed by atoms with Crippen molar-refractivity contribution in [1.82, 2.24) is 9.71 Å². The van der Waals surface area contributed by atoms with Crippen molar-refractivity contribution in [3.63, 3.8) is 0 Å². The Morgan fingerprint density at radius 2 is 1.96 bits per heavy atom. The van der Waals surface area contributed by atoms with Crippen molar-refractivity contribution < 1.29 is 23.1 Å². The molecule has 2 aromatic rings. The number of nitrogens with one attached hydrogen (secondary N) is 2. The van der Waals surface area contributed by atoms with Crippen molar-refractivity contribution in [2.45, 2.75) is 24.8 Å². The third kappa shape index (κ3) is 4.85. The Bertz CT molecular complexity index is 879. The van der Waals surface area contributed by atoms with E-state index in [0.717, 1.165) is 0 Å². The van der Waals surface area contributed by atoms with Gasteiger partial charge >= 0.3 is 0 Å². The van der Waals surface area contributed by atoms with Gasteiger partial charge < -0.3 is 10.4 Å². The van der Waals surface area contributed by atoms with E-state index in [1.54, 1.807) is 13.0 Å². The second kappa shape index (κ2) is 7.86. The molecule has 1 aromatic carbocycles. The molecule has 3 N–H and O–H groups in total. The Hall–Kier alpha value is -2.78. The number of aromatic nitrogens is 1. The van der Waals surface area contributed by atoms with Crippen LogP contribution in [0.5, 0.6) is 0 Å². The second-order valence-corrected chi connectivity index (χ2v) is 6.74. The molecule has 0 bridgehead atoms. The first-order valence-corrected chi connectivity index (χ1v) is 8.87. The van der Waals surface area contributed by atoms with Crippen molar-refractivity contribution in [2.75, 3.05) is 5.32 Å². The van der Waals surface area contributed by atoms with Gasteiger partial charge in [0.25, 0.3) is 15.9 Å². The molecular formula is C16H17N3O5S. The molecule has 0 atom stereocenters. The molecule has 8 nitrogen and oxygen atoms in total. The SMILES string of the molecule is CCC(=O)Nc1cccc(S(=O)(=O)NC(=O)c2ccc(CO)nc2)c1. The molecule has 0 unspecified atom stereocenters. The molecule has 0 fully saturated rings. The number of rotatable bonds is 6. The topological polar surface area (TPSA) is 125 Å². The zero-order valence-corrected chi connectivity index (χ0v) is 14.2. The monoisotopic (exact) mass is 363 g/mol. The first-order chi connectivity index (χ1) is 11.9. The van der Waals surface area contributed by atoms with Crippen LogP contribution in [0, 0.1) is 0 Å². The van der Waals surface area contributed by atoms with Crippen molar-refractivity contribution in [3.05, 3.63) is 53.9 Å². The van der Waals surface area contributed by atoms with E-state index in [0.29, 0.717) is 11.4 Å². The van der Waals surface area contributed by atoms with E-state index < -0.39 is 15.9 Å². The zero-order valence-electron chi connectivity index (χ0n) is 13.4. The summed E-state index contributed by atoms with van der Waals surface area (Å²) in [6.07, 6.45) is 1.43. The van der Waals surface area contributed by atoms with E-state index in [-0.39, 0.29) is 29.4 Å². The highest BCUT2D eigenvalue weighted by Gasteiger charge is 2.19. The molecule has 0 radical (unpaired) electrons. The molecule has 0 saturated heterocycles. The first kappa shape index (κ1) is 18.6. The van der Waals surface area contributed by atoms with Gasteiger partial charge in [0.05, 0.1) is 22.8 Å². The van der Waals surface area contributed by atoms with Gasteiger partial charge in [-0.25, -0.2) is 13.1 Å². The van der Waals surface area contributed by atoms with Crippen LogP contribution < -0.4 is 10.0 Å². The van der Waals surface area contributed by atoms with Gasteiger partial charge in [0, 0.05) is 18.3 Å². The molecule has 1 aromatic heterocycles. The predicted molar refractivity (Wildman–Crippen MR) is 90.2 cm³/mol. The summed E-state index contributed by atoms with van der Waals surface area (Å²) >= 11 is 0. The number of hydrogen-bond donors (Lipinski definition) is 3. The van der Waals surface area contributed by atoms with Crippen LogP contribution in [0.25, 0.3) is 0 Å². The number of nitrogens with zero attached hydrogens (tertiary/aromatic N) is 1. The molecule has 0 aliphatic rings. The van der Waals surface area contributed by atoms with Crippen LogP contribution in [-0.4, -0.2) is 30.3 Å². The molecule has 9 heteroatoms. The van der Waals surface area contributed by atoms with Crippen LogP contribution in [0.2, 0.25) is 0 Å². The fourth-order valence-corrected chi connectivity index (χ4v) is 2.90. The lowest BCUT2D eigenvalue weighted by Crippen LogP contribution is -2.30. The molecule has 25 heavy (non-hydrogen) atoms. The normalized spacial score (nSPS) is 11.0. The molecular weight excluding hydrogens is 346 g/mol.